The number of aryl methyl sites for hydroxylation is 3. The predicted octanol–water partition coefficient (Wildman–Crippen LogP) is 4.73. The van der Waals surface area contributed by atoms with E-state index in [2.05, 4.69) is 16.1 Å². The summed E-state index contributed by atoms with van der Waals surface area (Å²) in [6.45, 7) is 6.03. The summed E-state index contributed by atoms with van der Waals surface area (Å²) in [5.41, 5.74) is 7.10. The predicted molar refractivity (Wildman–Crippen MR) is 111 cm³/mol. The number of ketones is 1. The standard InChI is InChI=1S/C23H23N3O2/c1-13-6-7-18-19(8-13)25-22(17-11-24-26(4)12-17)21(18)23(27)16-9-14(2)15(3)20(10-16)28-5/h6-12,25H,1-5H3. The smallest absolute Gasteiger partial charge is 0.195 e. The second kappa shape index (κ2) is 6.68. The molecule has 5 heteroatoms. The van der Waals surface area contributed by atoms with E-state index < -0.39 is 0 Å². The van der Waals surface area contributed by atoms with E-state index in [9.17, 15) is 4.79 Å². The Labute approximate surface area is 164 Å². The third kappa shape index (κ3) is 2.89. The third-order valence-electron chi connectivity index (χ3n) is 5.28. The van der Waals surface area contributed by atoms with Gasteiger partial charge in [0.1, 0.15) is 5.75 Å². The van der Waals surface area contributed by atoms with Crippen molar-refractivity contribution < 1.29 is 9.53 Å². The van der Waals surface area contributed by atoms with Crippen molar-refractivity contribution in [1.29, 1.82) is 0 Å². The SMILES string of the molecule is COc1cc(C(=O)c2c(-c3cnn(C)c3)[nH]c3cc(C)ccc23)cc(C)c1C. The Hall–Kier alpha value is -3.34. The van der Waals surface area contributed by atoms with Gasteiger partial charge in [-0.1, -0.05) is 12.1 Å². The molecule has 0 saturated carbocycles. The van der Waals surface area contributed by atoms with E-state index in [0.717, 1.165) is 44.6 Å². The first kappa shape index (κ1) is 18.0. The zero-order valence-electron chi connectivity index (χ0n) is 16.8. The number of carbonyl (C=O) groups is 1. The van der Waals surface area contributed by atoms with Gasteiger partial charge in [-0.2, -0.15) is 5.10 Å². The average Bonchev–Trinajstić information content (AvgIpc) is 3.26. The van der Waals surface area contributed by atoms with Gasteiger partial charge in [-0.25, -0.2) is 0 Å². The number of H-pyrrole nitrogens is 1. The Morgan fingerprint density at radius 1 is 1.14 bits per heavy atom. The monoisotopic (exact) mass is 373 g/mol. The molecule has 0 fully saturated rings. The van der Waals surface area contributed by atoms with Gasteiger partial charge >= 0.3 is 0 Å². The number of methoxy groups -OCH3 is 1. The Kier molecular flexibility index (Phi) is 4.30. The van der Waals surface area contributed by atoms with Crippen LogP contribution in [0.15, 0.2) is 42.7 Å². The minimum absolute atomic E-state index is 0.0321. The van der Waals surface area contributed by atoms with E-state index in [1.807, 2.05) is 58.3 Å². The van der Waals surface area contributed by atoms with Gasteiger partial charge in [0, 0.05) is 35.3 Å². The maximum absolute atomic E-state index is 13.6. The molecule has 2 heterocycles. The van der Waals surface area contributed by atoms with Crippen molar-refractivity contribution in [3.8, 4) is 17.0 Å². The van der Waals surface area contributed by atoms with Gasteiger partial charge in [0.15, 0.2) is 5.78 Å². The van der Waals surface area contributed by atoms with Crippen molar-refractivity contribution in [3.05, 3.63) is 70.5 Å². The number of nitrogens with zero attached hydrogens (tertiary/aromatic N) is 2. The fraction of sp³-hybridized carbons (Fsp3) is 0.217. The van der Waals surface area contributed by atoms with Gasteiger partial charge in [-0.05, 0) is 55.7 Å². The van der Waals surface area contributed by atoms with E-state index in [-0.39, 0.29) is 5.78 Å². The van der Waals surface area contributed by atoms with Crippen LogP contribution in [0, 0.1) is 20.8 Å². The lowest BCUT2D eigenvalue weighted by molar-refractivity contribution is 0.104. The summed E-state index contributed by atoms with van der Waals surface area (Å²) in [5, 5.41) is 5.18. The summed E-state index contributed by atoms with van der Waals surface area (Å²) < 4.78 is 7.22. The first-order valence-corrected chi connectivity index (χ1v) is 9.20. The largest absolute Gasteiger partial charge is 0.496 e. The molecule has 0 aliphatic heterocycles. The lowest BCUT2D eigenvalue weighted by Crippen LogP contribution is -2.05. The second-order valence-electron chi connectivity index (χ2n) is 7.28. The van der Waals surface area contributed by atoms with E-state index in [1.54, 1.807) is 18.0 Å². The van der Waals surface area contributed by atoms with E-state index in [0.29, 0.717) is 11.1 Å². The molecule has 4 rings (SSSR count). The maximum atomic E-state index is 13.6. The lowest BCUT2D eigenvalue weighted by atomic mass is 9.95. The van der Waals surface area contributed by atoms with Crippen molar-refractivity contribution in [1.82, 2.24) is 14.8 Å². The van der Waals surface area contributed by atoms with Gasteiger partial charge in [-0.15, -0.1) is 0 Å². The van der Waals surface area contributed by atoms with Crippen LogP contribution in [0.4, 0.5) is 0 Å². The van der Waals surface area contributed by atoms with Crippen molar-refractivity contribution in [2.24, 2.45) is 7.05 Å². The van der Waals surface area contributed by atoms with Gasteiger partial charge in [0.25, 0.3) is 0 Å². The molecule has 0 unspecified atom stereocenters. The molecule has 0 aliphatic carbocycles. The number of ether oxygens (including phenoxy) is 1. The minimum atomic E-state index is -0.0321. The van der Waals surface area contributed by atoms with Crippen LogP contribution in [0.5, 0.6) is 5.75 Å². The normalized spacial score (nSPS) is 11.2. The van der Waals surface area contributed by atoms with Crippen LogP contribution < -0.4 is 4.74 Å². The summed E-state index contributed by atoms with van der Waals surface area (Å²) in [6.07, 6.45) is 3.69. The third-order valence-corrected chi connectivity index (χ3v) is 5.28. The van der Waals surface area contributed by atoms with Crippen LogP contribution in [0.1, 0.15) is 32.6 Å². The molecule has 2 aromatic heterocycles. The number of hydrogen-bond donors (Lipinski definition) is 1. The first-order valence-electron chi connectivity index (χ1n) is 9.20. The van der Waals surface area contributed by atoms with Crippen molar-refractivity contribution in [3.63, 3.8) is 0 Å². The molecule has 0 aliphatic rings. The molecule has 142 valence electrons. The summed E-state index contributed by atoms with van der Waals surface area (Å²) in [6, 6.07) is 9.85. The van der Waals surface area contributed by atoms with E-state index >= 15 is 0 Å². The zero-order valence-corrected chi connectivity index (χ0v) is 16.8. The lowest BCUT2D eigenvalue weighted by Gasteiger charge is -2.11. The molecule has 0 spiro atoms. The van der Waals surface area contributed by atoms with Gasteiger partial charge < -0.3 is 9.72 Å². The molecule has 0 atom stereocenters. The number of fused-ring (bicyclic) bond motifs is 1. The number of benzene rings is 2. The van der Waals surface area contributed by atoms with Crippen LogP contribution in [-0.4, -0.2) is 27.7 Å². The molecule has 4 aromatic rings. The van der Waals surface area contributed by atoms with Gasteiger partial charge in [-0.3, -0.25) is 9.48 Å². The fourth-order valence-corrected chi connectivity index (χ4v) is 3.63. The van der Waals surface area contributed by atoms with Crippen molar-refractivity contribution >= 4 is 16.7 Å². The van der Waals surface area contributed by atoms with Gasteiger partial charge in [0.2, 0.25) is 0 Å². The van der Waals surface area contributed by atoms with Crippen LogP contribution in [0.3, 0.4) is 0 Å². The Morgan fingerprint density at radius 2 is 1.93 bits per heavy atom. The van der Waals surface area contributed by atoms with Crippen LogP contribution in [0.25, 0.3) is 22.2 Å². The van der Waals surface area contributed by atoms with Crippen LogP contribution >= 0.6 is 0 Å². The maximum Gasteiger partial charge on any atom is 0.195 e. The van der Waals surface area contributed by atoms with Crippen molar-refractivity contribution in [2.75, 3.05) is 7.11 Å². The minimum Gasteiger partial charge on any atom is -0.496 e. The van der Waals surface area contributed by atoms with E-state index in [4.69, 9.17) is 4.74 Å². The summed E-state index contributed by atoms with van der Waals surface area (Å²) in [4.78, 5) is 17.1. The highest BCUT2D eigenvalue weighted by Gasteiger charge is 2.23. The highest BCUT2D eigenvalue weighted by molar-refractivity contribution is 6.20. The molecule has 1 N–H and O–H groups in total. The number of nitrogens with one attached hydrogen (secondary N) is 1. The van der Waals surface area contributed by atoms with Gasteiger partial charge in [0.05, 0.1) is 24.6 Å². The molecular weight excluding hydrogens is 350 g/mol. The topological polar surface area (TPSA) is 59.9 Å². The number of rotatable bonds is 4. The molecule has 28 heavy (non-hydrogen) atoms. The summed E-state index contributed by atoms with van der Waals surface area (Å²) >= 11 is 0. The van der Waals surface area contributed by atoms with Crippen molar-refractivity contribution in [2.45, 2.75) is 20.8 Å². The molecular formula is C23H23N3O2. The molecule has 0 saturated heterocycles. The highest BCUT2D eigenvalue weighted by Crippen LogP contribution is 2.34. The number of hydrogen-bond acceptors (Lipinski definition) is 3. The average molecular weight is 373 g/mol. The summed E-state index contributed by atoms with van der Waals surface area (Å²) in [7, 11) is 3.50. The van der Waals surface area contributed by atoms with Crippen LogP contribution in [0.2, 0.25) is 0 Å². The number of carbonyl (C=O) groups excluding carboxylic acids is 1. The molecule has 0 bridgehead atoms. The number of aromatic nitrogens is 3. The Balaban J connectivity index is 1.97. The molecule has 0 radical (unpaired) electrons. The zero-order chi connectivity index (χ0) is 20.0. The fourth-order valence-electron chi connectivity index (χ4n) is 3.63. The highest BCUT2D eigenvalue weighted by atomic mass is 16.5. The van der Waals surface area contributed by atoms with E-state index in [1.165, 1.54) is 0 Å². The quantitative estimate of drug-likeness (QED) is 0.526. The Bertz CT molecular complexity index is 1210. The molecule has 5 nitrogen and oxygen atoms in total. The second-order valence-corrected chi connectivity index (χ2v) is 7.28. The molecule has 0 amide bonds. The Morgan fingerprint density at radius 3 is 2.61 bits per heavy atom. The summed E-state index contributed by atoms with van der Waals surface area (Å²) in [5.74, 6) is 0.692. The van der Waals surface area contributed by atoms with Crippen LogP contribution in [-0.2, 0) is 7.05 Å². The molecule has 2 aromatic carbocycles. The first-order chi connectivity index (χ1) is 13.4. The number of aromatic amines is 1.